The second kappa shape index (κ2) is 5.50. The van der Waals surface area contributed by atoms with Gasteiger partial charge in [0.25, 0.3) is 0 Å². The molecule has 0 amide bonds. The first-order chi connectivity index (χ1) is 8.52. The number of nitrogens with zero attached hydrogens (tertiary/aromatic N) is 1. The van der Waals surface area contributed by atoms with Crippen molar-refractivity contribution in [2.24, 2.45) is 17.1 Å². The Bertz CT molecular complexity index is 268. The minimum absolute atomic E-state index is 0.244. The van der Waals surface area contributed by atoms with Crippen LogP contribution >= 0.6 is 0 Å². The number of nitrogens with two attached hydrogens (primary N) is 1. The van der Waals surface area contributed by atoms with Crippen LogP contribution in [0, 0.1) is 11.3 Å². The van der Waals surface area contributed by atoms with E-state index in [2.05, 4.69) is 25.8 Å². The van der Waals surface area contributed by atoms with E-state index >= 15 is 0 Å². The van der Waals surface area contributed by atoms with Gasteiger partial charge in [0, 0.05) is 18.6 Å². The second-order valence-corrected chi connectivity index (χ2v) is 7.36. The van der Waals surface area contributed by atoms with E-state index in [9.17, 15) is 0 Å². The molecule has 1 atom stereocenters. The molecule has 0 saturated heterocycles. The Hall–Kier alpha value is -0.0800. The van der Waals surface area contributed by atoms with Crippen molar-refractivity contribution < 1.29 is 0 Å². The van der Waals surface area contributed by atoms with Crippen LogP contribution in [0.3, 0.4) is 0 Å². The van der Waals surface area contributed by atoms with E-state index in [0.29, 0.717) is 5.41 Å². The van der Waals surface area contributed by atoms with Gasteiger partial charge in [-0.3, -0.25) is 4.90 Å². The Morgan fingerprint density at radius 3 is 2.22 bits per heavy atom. The van der Waals surface area contributed by atoms with Crippen LogP contribution in [0.1, 0.15) is 65.2 Å². The third-order valence-electron chi connectivity index (χ3n) is 5.98. The minimum atomic E-state index is 0.244. The van der Waals surface area contributed by atoms with Crippen LogP contribution in [0.5, 0.6) is 0 Å². The average Bonchev–Trinajstić information content (AvgIpc) is 2.81. The summed E-state index contributed by atoms with van der Waals surface area (Å²) in [5.74, 6) is 0.927. The maximum absolute atomic E-state index is 6.25. The summed E-state index contributed by atoms with van der Waals surface area (Å²) in [6, 6.07) is 0. The maximum atomic E-state index is 6.25. The summed E-state index contributed by atoms with van der Waals surface area (Å²) >= 11 is 0. The molecular formula is C16H32N2. The molecule has 0 aliphatic heterocycles. The molecule has 2 fully saturated rings. The molecule has 2 N–H and O–H groups in total. The van der Waals surface area contributed by atoms with Gasteiger partial charge in [0.2, 0.25) is 0 Å². The van der Waals surface area contributed by atoms with Gasteiger partial charge in [0.15, 0.2) is 0 Å². The molecule has 0 aromatic rings. The quantitative estimate of drug-likeness (QED) is 0.831. The molecule has 0 heterocycles. The smallest absolute Gasteiger partial charge is 0.0379 e. The van der Waals surface area contributed by atoms with Crippen molar-refractivity contribution in [2.75, 3.05) is 20.1 Å². The van der Waals surface area contributed by atoms with Gasteiger partial charge in [-0.2, -0.15) is 0 Å². The average molecular weight is 252 g/mol. The Kier molecular flexibility index (Phi) is 4.38. The largest absolute Gasteiger partial charge is 0.329 e. The molecule has 18 heavy (non-hydrogen) atoms. The summed E-state index contributed by atoms with van der Waals surface area (Å²) in [4.78, 5) is 2.64. The molecule has 0 radical (unpaired) electrons. The molecule has 2 nitrogen and oxygen atoms in total. The van der Waals surface area contributed by atoms with E-state index in [-0.39, 0.29) is 5.54 Å². The zero-order valence-corrected chi connectivity index (χ0v) is 12.7. The van der Waals surface area contributed by atoms with Crippen molar-refractivity contribution in [1.29, 1.82) is 0 Å². The third kappa shape index (κ3) is 2.46. The van der Waals surface area contributed by atoms with Crippen molar-refractivity contribution in [3.8, 4) is 0 Å². The van der Waals surface area contributed by atoms with E-state index in [4.69, 9.17) is 5.73 Å². The van der Waals surface area contributed by atoms with Crippen LogP contribution in [-0.2, 0) is 0 Å². The van der Waals surface area contributed by atoms with E-state index in [1.54, 1.807) is 0 Å². The molecule has 2 aliphatic carbocycles. The molecule has 0 bridgehead atoms. The first kappa shape index (κ1) is 14.3. The highest BCUT2D eigenvalue weighted by atomic mass is 15.2. The molecule has 2 heteroatoms. The Morgan fingerprint density at radius 1 is 1.06 bits per heavy atom. The SMILES string of the molecule is CN(CC1CCCC1)C1(CN)CCCCC1(C)C. The van der Waals surface area contributed by atoms with Gasteiger partial charge in [-0.15, -0.1) is 0 Å². The molecule has 2 saturated carbocycles. The van der Waals surface area contributed by atoms with E-state index < -0.39 is 0 Å². The van der Waals surface area contributed by atoms with Gasteiger partial charge in [-0.05, 0) is 44.1 Å². The van der Waals surface area contributed by atoms with Gasteiger partial charge in [-0.25, -0.2) is 0 Å². The molecule has 1 unspecified atom stereocenters. The molecule has 106 valence electrons. The monoisotopic (exact) mass is 252 g/mol. The molecular weight excluding hydrogens is 220 g/mol. The van der Waals surface area contributed by atoms with Crippen molar-refractivity contribution in [3.05, 3.63) is 0 Å². The van der Waals surface area contributed by atoms with Crippen LogP contribution in [0.4, 0.5) is 0 Å². The van der Waals surface area contributed by atoms with E-state index in [1.165, 1.54) is 57.9 Å². The highest BCUT2D eigenvalue weighted by Crippen LogP contribution is 2.47. The predicted octanol–water partition coefficient (Wildman–Crippen LogP) is 3.41. The fraction of sp³-hybridized carbons (Fsp3) is 1.00. The normalized spacial score (nSPS) is 33.2. The van der Waals surface area contributed by atoms with Crippen LogP contribution in [0.25, 0.3) is 0 Å². The molecule has 0 aromatic carbocycles. The second-order valence-electron chi connectivity index (χ2n) is 7.36. The summed E-state index contributed by atoms with van der Waals surface area (Å²) < 4.78 is 0. The fourth-order valence-corrected chi connectivity index (χ4v) is 4.55. The van der Waals surface area contributed by atoms with Crippen LogP contribution in [0.15, 0.2) is 0 Å². The van der Waals surface area contributed by atoms with Gasteiger partial charge in [-0.1, -0.05) is 39.5 Å². The molecule has 0 spiro atoms. The van der Waals surface area contributed by atoms with Gasteiger partial charge in [0.05, 0.1) is 0 Å². The molecule has 2 aliphatic rings. The first-order valence-corrected chi connectivity index (χ1v) is 7.93. The topological polar surface area (TPSA) is 29.3 Å². The zero-order valence-electron chi connectivity index (χ0n) is 12.7. The Labute approximate surface area is 113 Å². The predicted molar refractivity (Wildman–Crippen MR) is 78.6 cm³/mol. The minimum Gasteiger partial charge on any atom is -0.329 e. The highest BCUT2D eigenvalue weighted by Gasteiger charge is 2.48. The number of hydrogen-bond acceptors (Lipinski definition) is 2. The highest BCUT2D eigenvalue weighted by molar-refractivity contribution is 5.04. The van der Waals surface area contributed by atoms with Crippen molar-refractivity contribution in [3.63, 3.8) is 0 Å². The first-order valence-electron chi connectivity index (χ1n) is 7.93. The van der Waals surface area contributed by atoms with Gasteiger partial charge in [0.1, 0.15) is 0 Å². The molecule has 0 aromatic heterocycles. The summed E-state index contributed by atoms with van der Waals surface area (Å²) in [6.45, 7) is 6.96. The zero-order chi connectivity index (χ0) is 13.2. The standard InChI is InChI=1S/C16H32N2/c1-15(2)10-6-7-11-16(15,13-17)18(3)12-14-8-4-5-9-14/h14H,4-13,17H2,1-3H3. The van der Waals surface area contributed by atoms with Crippen molar-refractivity contribution in [2.45, 2.75) is 70.8 Å². The summed E-state index contributed by atoms with van der Waals surface area (Å²) in [5.41, 5.74) is 6.86. The maximum Gasteiger partial charge on any atom is 0.0379 e. The lowest BCUT2D eigenvalue weighted by atomic mass is 9.62. The Balaban J connectivity index is 2.09. The summed E-state index contributed by atoms with van der Waals surface area (Å²) in [6.07, 6.45) is 11.1. The fourth-order valence-electron chi connectivity index (χ4n) is 4.55. The van der Waals surface area contributed by atoms with Crippen LogP contribution < -0.4 is 5.73 Å². The van der Waals surface area contributed by atoms with Gasteiger partial charge < -0.3 is 5.73 Å². The lowest BCUT2D eigenvalue weighted by Gasteiger charge is -2.55. The molecule has 2 rings (SSSR count). The number of rotatable bonds is 4. The van der Waals surface area contributed by atoms with E-state index in [1.807, 2.05) is 0 Å². The third-order valence-corrected chi connectivity index (χ3v) is 5.98. The lowest BCUT2D eigenvalue weighted by molar-refractivity contribution is -0.0355. The van der Waals surface area contributed by atoms with E-state index in [0.717, 1.165) is 12.5 Å². The number of likely N-dealkylation sites (N-methyl/N-ethyl adjacent to an activating group) is 1. The lowest BCUT2D eigenvalue weighted by Crippen LogP contribution is -2.63. The Morgan fingerprint density at radius 2 is 1.67 bits per heavy atom. The van der Waals surface area contributed by atoms with Crippen molar-refractivity contribution in [1.82, 2.24) is 4.90 Å². The van der Waals surface area contributed by atoms with Gasteiger partial charge >= 0.3 is 0 Å². The van der Waals surface area contributed by atoms with Crippen molar-refractivity contribution >= 4 is 0 Å². The summed E-state index contributed by atoms with van der Waals surface area (Å²) in [7, 11) is 2.33. The van der Waals surface area contributed by atoms with Crippen LogP contribution in [-0.4, -0.2) is 30.6 Å². The van der Waals surface area contributed by atoms with Crippen LogP contribution in [0.2, 0.25) is 0 Å². The summed E-state index contributed by atoms with van der Waals surface area (Å²) in [5, 5.41) is 0. The number of hydrogen-bond donors (Lipinski definition) is 1.